The lowest BCUT2D eigenvalue weighted by Gasteiger charge is -2.32. The Labute approximate surface area is 191 Å². The van der Waals surface area contributed by atoms with Crippen LogP contribution in [0.5, 0.6) is 0 Å². The fourth-order valence-electron chi connectivity index (χ4n) is 5.05. The second-order valence-electron chi connectivity index (χ2n) is 9.66. The van der Waals surface area contributed by atoms with E-state index in [1.807, 2.05) is 0 Å². The molecular weight excluding hydrogens is 436 g/mol. The van der Waals surface area contributed by atoms with Crippen LogP contribution in [0.3, 0.4) is 0 Å². The Balaban J connectivity index is 1.11. The van der Waals surface area contributed by atoms with Crippen LogP contribution in [0.2, 0.25) is 5.02 Å². The van der Waals surface area contributed by atoms with Gasteiger partial charge >= 0.3 is 0 Å². The summed E-state index contributed by atoms with van der Waals surface area (Å²) in [5, 5.41) is 0.239. The number of nitrogens with zero attached hydrogens (tertiary/aromatic N) is 4. The highest BCUT2D eigenvalue weighted by atomic mass is 35.5. The second-order valence-corrected chi connectivity index (χ2v) is 12.6. The molecule has 1 saturated carbocycles. The number of ether oxygens (including phenoxy) is 1. The first kappa shape index (κ1) is 23.2. The van der Waals surface area contributed by atoms with E-state index in [0.29, 0.717) is 29.9 Å². The van der Waals surface area contributed by atoms with E-state index in [4.69, 9.17) is 16.3 Å². The van der Waals surface area contributed by atoms with Crippen LogP contribution in [-0.4, -0.2) is 67.3 Å². The summed E-state index contributed by atoms with van der Waals surface area (Å²) in [5.41, 5.74) is 0. The predicted molar refractivity (Wildman–Crippen MR) is 123 cm³/mol. The molecule has 3 heterocycles. The van der Waals surface area contributed by atoms with Gasteiger partial charge in [-0.15, -0.1) is 0 Å². The average Bonchev–Trinajstić information content (AvgIpc) is 3.54. The Kier molecular flexibility index (Phi) is 7.41. The fourth-order valence-corrected chi connectivity index (χ4v) is 6.46. The Hall–Kier alpha value is -0.960. The zero-order valence-electron chi connectivity index (χ0n) is 18.6. The normalized spacial score (nSPS) is 26.5. The van der Waals surface area contributed by atoms with Gasteiger partial charge in [-0.1, -0.05) is 11.6 Å². The van der Waals surface area contributed by atoms with E-state index in [2.05, 4.69) is 14.9 Å². The number of rotatable bonds is 8. The van der Waals surface area contributed by atoms with Gasteiger partial charge in [-0.25, -0.2) is 22.7 Å². The molecule has 0 N–H and O–H groups in total. The zero-order chi connectivity index (χ0) is 22.0. The molecule has 0 spiro atoms. The summed E-state index contributed by atoms with van der Waals surface area (Å²) in [6.07, 6.45) is 8.81. The summed E-state index contributed by atoms with van der Waals surface area (Å²) in [4.78, 5) is 10.9. The Morgan fingerprint density at radius 1 is 1.06 bits per heavy atom. The molecule has 2 aliphatic heterocycles. The van der Waals surface area contributed by atoms with Gasteiger partial charge < -0.3 is 9.64 Å². The predicted octanol–water partition coefficient (Wildman–Crippen LogP) is 3.45. The van der Waals surface area contributed by atoms with Crippen LogP contribution in [0, 0.1) is 23.7 Å². The number of hydrogen-bond donors (Lipinski definition) is 0. The van der Waals surface area contributed by atoms with Gasteiger partial charge in [0.25, 0.3) is 0 Å². The molecule has 7 nitrogen and oxygen atoms in total. The zero-order valence-corrected chi connectivity index (χ0v) is 20.2. The van der Waals surface area contributed by atoms with Crippen molar-refractivity contribution in [2.75, 3.05) is 44.3 Å². The maximum Gasteiger partial charge on any atom is 0.225 e. The number of sulfonamides is 1. The molecule has 0 amide bonds. The molecule has 1 aliphatic carbocycles. The highest BCUT2D eigenvalue weighted by Gasteiger charge is 2.43. The number of halogens is 1. The molecule has 0 bridgehead atoms. The minimum absolute atomic E-state index is 0.335. The van der Waals surface area contributed by atoms with Gasteiger partial charge in [0, 0.05) is 39.4 Å². The molecule has 4 rings (SSSR count). The largest absolute Gasteiger partial charge is 0.381 e. The van der Waals surface area contributed by atoms with Crippen molar-refractivity contribution in [1.82, 2.24) is 14.3 Å². The maximum atomic E-state index is 12.3. The Bertz CT molecular complexity index is 820. The first-order valence-electron chi connectivity index (χ1n) is 11.6. The molecule has 9 heteroatoms. The first-order chi connectivity index (χ1) is 14.8. The minimum Gasteiger partial charge on any atom is -0.381 e. The van der Waals surface area contributed by atoms with E-state index < -0.39 is 10.0 Å². The van der Waals surface area contributed by atoms with Crippen LogP contribution in [0.25, 0.3) is 0 Å². The van der Waals surface area contributed by atoms with E-state index in [9.17, 15) is 8.42 Å². The van der Waals surface area contributed by atoms with Crippen LogP contribution >= 0.6 is 11.6 Å². The monoisotopic (exact) mass is 470 g/mol. The lowest BCUT2D eigenvalue weighted by Crippen LogP contribution is -2.42. The quantitative estimate of drug-likeness (QED) is 0.579. The molecule has 1 aromatic rings. The van der Waals surface area contributed by atoms with Gasteiger partial charge in [-0.05, 0) is 69.6 Å². The lowest BCUT2D eigenvalue weighted by atomic mass is 9.91. The van der Waals surface area contributed by atoms with Crippen LogP contribution in [0.4, 0.5) is 5.95 Å². The van der Waals surface area contributed by atoms with Crippen molar-refractivity contribution in [3.05, 3.63) is 17.4 Å². The van der Waals surface area contributed by atoms with E-state index in [-0.39, 0.29) is 5.25 Å². The summed E-state index contributed by atoms with van der Waals surface area (Å²) >= 11 is 5.88. The molecule has 31 heavy (non-hydrogen) atoms. The molecular formula is C22H35ClN4O3S. The Morgan fingerprint density at radius 3 is 2.32 bits per heavy atom. The molecule has 1 aromatic heterocycles. The highest BCUT2D eigenvalue weighted by Crippen LogP contribution is 2.48. The summed E-state index contributed by atoms with van der Waals surface area (Å²) in [6.45, 7) is 8.42. The molecule has 3 aliphatic rings. The number of anilines is 1. The summed E-state index contributed by atoms with van der Waals surface area (Å²) in [7, 11) is -3.12. The molecule has 0 aromatic carbocycles. The maximum absolute atomic E-state index is 12.3. The molecule has 2 saturated heterocycles. The molecule has 2 atom stereocenters. The van der Waals surface area contributed by atoms with Crippen molar-refractivity contribution in [2.45, 2.75) is 51.2 Å². The smallest absolute Gasteiger partial charge is 0.225 e. The van der Waals surface area contributed by atoms with Gasteiger partial charge in [-0.2, -0.15) is 0 Å². The molecule has 0 radical (unpaired) electrons. The van der Waals surface area contributed by atoms with Gasteiger partial charge in [0.15, 0.2) is 0 Å². The number of piperidine rings is 2. The lowest BCUT2D eigenvalue weighted by molar-refractivity contribution is 0.0684. The van der Waals surface area contributed by atoms with Crippen molar-refractivity contribution in [3.63, 3.8) is 0 Å². The van der Waals surface area contributed by atoms with Crippen LogP contribution < -0.4 is 4.90 Å². The van der Waals surface area contributed by atoms with Crippen molar-refractivity contribution < 1.29 is 13.2 Å². The van der Waals surface area contributed by atoms with Crippen molar-refractivity contribution in [2.24, 2.45) is 23.7 Å². The topological polar surface area (TPSA) is 75.6 Å². The van der Waals surface area contributed by atoms with Crippen LogP contribution in [-0.2, 0) is 14.8 Å². The van der Waals surface area contributed by atoms with E-state index >= 15 is 0 Å². The SMILES string of the molecule is CC(C)S(=O)(=O)N1CCC(COC[C@@H]2C[C@@H]2C2CCN(c3ncc(Cl)cn3)CC2)CC1. The van der Waals surface area contributed by atoms with Gasteiger partial charge in [0.05, 0.1) is 22.7 Å². The first-order valence-corrected chi connectivity index (χ1v) is 13.5. The number of aromatic nitrogens is 2. The second kappa shape index (κ2) is 9.89. The van der Waals surface area contributed by atoms with Crippen molar-refractivity contribution >= 4 is 27.6 Å². The minimum atomic E-state index is -3.12. The van der Waals surface area contributed by atoms with Gasteiger partial charge in [0.2, 0.25) is 16.0 Å². The third kappa shape index (κ3) is 5.70. The molecule has 3 fully saturated rings. The third-order valence-corrected chi connectivity index (χ3v) is 9.70. The number of hydrogen-bond acceptors (Lipinski definition) is 6. The van der Waals surface area contributed by atoms with Crippen LogP contribution in [0.15, 0.2) is 12.4 Å². The third-order valence-electron chi connectivity index (χ3n) is 7.23. The van der Waals surface area contributed by atoms with Crippen molar-refractivity contribution in [3.8, 4) is 0 Å². The summed E-state index contributed by atoms with van der Waals surface area (Å²) in [5.74, 6) is 3.54. The molecule has 174 valence electrons. The van der Waals surface area contributed by atoms with E-state index in [1.165, 1.54) is 19.3 Å². The van der Waals surface area contributed by atoms with E-state index in [0.717, 1.165) is 56.9 Å². The van der Waals surface area contributed by atoms with Gasteiger partial charge in [-0.3, -0.25) is 0 Å². The summed E-state index contributed by atoms with van der Waals surface area (Å²) in [6, 6.07) is 0. The van der Waals surface area contributed by atoms with Crippen molar-refractivity contribution in [1.29, 1.82) is 0 Å². The van der Waals surface area contributed by atoms with E-state index in [1.54, 1.807) is 30.5 Å². The molecule has 0 unspecified atom stereocenters. The highest BCUT2D eigenvalue weighted by molar-refractivity contribution is 7.89. The Morgan fingerprint density at radius 2 is 1.71 bits per heavy atom. The average molecular weight is 471 g/mol. The fraction of sp³-hybridized carbons (Fsp3) is 0.818. The van der Waals surface area contributed by atoms with Crippen LogP contribution in [0.1, 0.15) is 46.0 Å². The summed E-state index contributed by atoms with van der Waals surface area (Å²) < 4.78 is 32.3. The standard InChI is InChI=1S/C22H35ClN4O3S/c1-16(2)31(28,29)27-9-3-17(4-10-27)14-30-15-19-11-21(19)18-5-7-26(8-6-18)22-24-12-20(23)13-25-22/h12-13,16-19,21H,3-11,14-15H2,1-2H3/t19-,21+/m0/s1. The van der Waals surface area contributed by atoms with Gasteiger partial charge in [0.1, 0.15) is 0 Å².